The Hall–Kier alpha value is -1.34. The minimum absolute atomic E-state index is 0.343. The van der Waals surface area contributed by atoms with E-state index in [1.165, 1.54) is 4.90 Å². The molecule has 1 aliphatic rings. The zero-order chi connectivity index (χ0) is 15.0. The summed E-state index contributed by atoms with van der Waals surface area (Å²) in [6.07, 6.45) is 2.15. The minimum Gasteiger partial charge on any atom is -0.480 e. The molecule has 20 heavy (non-hydrogen) atoms. The molecule has 1 heterocycles. The maximum atomic E-state index is 12.1. The first-order valence-corrected chi connectivity index (χ1v) is 6.88. The van der Waals surface area contributed by atoms with Crippen LogP contribution >= 0.6 is 0 Å². The fourth-order valence-electron chi connectivity index (χ4n) is 2.24. The first kappa shape index (κ1) is 16.7. The van der Waals surface area contributed by atoms with Crippen molar-refractivity contribution in [3.05, 3.63) is 0 Å². The number of carboxylic acid groups (broad SMARTS) is 1. The second-order valence-corrected chi connectivity index (χ2v) is 5.02. The van der Waals surface area contributed by atoms with Gasteiger partial charge in [0.1, 0.15) is 5.54 Å². The number of aliphatic carboxylic acids is 1. The first-order valence-electron chi connectivity index (χ1n) is 6.88. The van der Waals surface area contributed by atoms with E-state index >= 15 is 0 Å². The van der Waals surface area contributed by atoms with Gasteiger partial charge in [-0.05, 0) is 26.2 Å². The van der Waals surface area contributed by atoms with E-state index in [0.717, 1.165) is 12.8 Å². The lowest BCUT2D eigenvalue weighted by Crippen LogP contribution is -2.60. The molecule has 7 heteroatoms. The Labute approximate surface area is 119 Å². The van der Waals surface area contributed by atoms with Crippen LogP contribution in [0, 0.1) is 0 Å². The van der Waals surface area contributed by atoms with Crippen LogP contribution in [0.4, 0.5) is 4.79 Å². The summed E-state index contributed by atoms with van der Waals surface area (Å²) in [4.78, 5) is 24.9. The SMILES string of the molecule is COCCOCCNC(=O)N1CCCCC1(C)C(=O)O. The Bertz CT molecular complexity index is 337. The molecule has 1 saturated heterocycles. The summed E-state index contributed by atoms with van der Waals surface area (Å²) >= 11 is 0. The summed E-state index contributed by atoms with van der Waals surface area (Å²) in [7, 11) is 1.59. The van der Waals surface area contributed by atoms with Gasteiger partial charge in [-0.15, -0.1) is 0 Å². The lowest BCUT2D eigenvalue weighted by Gasteiger charge is -2.41. The van der Waals surface area contributed by atoms with Crippen molar-refractivity contribution in [2.45, 2.75) is 31.7 Å². The van der Waals surface area contributed by atoms with Crippen molar-refractivity contribution in [3.63, 3.8) is 0 Å². The van der Waals surface area contributed by atoms with Crippen molar-refractivity contribution in [2.24, 2.45) is 0 Å². The molecular weight excluding hydrogens is 264 g/mol. The fourth-order valence-corrected chi connectivity index (χ4v) is 2.24. The summed E-state index contributed by atoms with van der Waals surface area (Å²) < 4.78 is 10.1. The highest BCUT2D eigenvalue weighted by atomic mass is 16.5. The van der Waals surface area contributed by atoms with E-state index < -0.39 is 11.5 Å². The Kier molecular flexibility index (Phi) is 6.74. The van der Waals surface area contributed by atoms with Crippen LogP contribution in [-0.4, -0.2) is 67.6 Å². The number of urea groups is 1. The summed E-state index contributed by atoms with van der Waals surface area (Å²) in [5.41, 5.74) is -1.11. The lowest BCUT2D eigenvalue weighted by atomic mass is 9.89. The van der Waals surface area contributed by atoms with E-state index in [4.69, 9.17) is 9.47 Å². The molecule has 0 radical (unpaired) electrons. The molecule has 1 fully saturated rings. The minimum atomic E-state index is -1.11. The van der Waals surface area contributed by atoms with Gasteiger partial charge in [-0.3, -0.25) is 0 Å². The van der Waals surface area contributed by atoms with Crippen LogP contribution in [0.25, 0.3) is 0 Å². The highest BCUT2D eigenvalue weighted by molar-refractivity contribution is 5.86. The van der Waals surface area contributed by atoms with Gasteiger partial charge in [0.25, 0.3) is 0 Å². The molecule has 2 amide bonds. The second kappa shape index (κ2) is 8.06. The molecule has 1 unspecified atom stereocenters. The molecule has 1 atom stereocenters. The monoisotopic (exact) mass is 288 g/mol. The Morgan fingerprint density at radius 3 is 2.70 bits per heavy atom. The highest BCUT2D eigenvalue weighted by Crippen LogP contribution is 2.28. The normalized spacial score (nSPS) is 22.6. The number of piperidine rings is 1. The van der Waals surface area contributed by atoms with E-state index in [0.29, 0.717) is 39.3 Å². The summed E-state index contributed by atoms with van der Waals surface area (Å²) in [6, 6.07) is -0.343. The Morgan fingerprint density at radius 1 is 1.30 bits per heavy atom. The lowest BCUT2D eigenvalue weighted by molar-refractivity contribution is -0.150. The summed E-state index contributed by atoms with van der Waals surface area (Å²) in [5, 5.41) is 12.0. The van der Waals surface area contributed by atoms with E-state index in [-0.39, 0.29) is 6.03 Å². The Morgan fingerprint density at radius 2 is 2.05 bits per heavy atom. The quantitative estimate of drug-likeness (QED) is 0.673. The zero-order valence-electron chi connectivity index (χ0n) is 12.2. The fraction of sp³-hybridized carbons (Fsp3) is 0.846. The van der Waals surface area contributed by atoms with Crippen molar-refractivity contribution >= 4 is 12.0 Å². The van der Waals surface area contributed by atoms with Gasteiger partial charge in [-0.2, -0.15) is 0 Å². The number of methoxy groups -OCH3 is 1. The van der Waals surface area contributed by atoms with Crippen LogP contribution in [0.15, 0.2) is 0 Å². The molecule has 0 aliphatic carbocycles. The number of hydrogen-bond donors (Lipinski definition) is 2. The van der Waals surface area contributed by atoms with Crippen LogP contribution in [0.2, 0.25) is 0 Å². The van der Waals surface area contributed by atoms with Gasteiger partial charge in [0.2, 0.25) is 0 Å². The molecule has 0 spiro atoms. The zero-order valence-corrected chi connectivity index (χ0v) is 12.2. The number of ether oxygens (including phenoxy) is 2. The third kappa shape index (κ3) is 4.35. The van der Waals surface area contributed by atoms with Gasteiger partial charge in [-0.25, -0.2) is 9.59 Å². The second-order valence-electron chi connectivity index (χ2n) is 5.02. The molecule has 1 rings (SSSR count). The molecule has 2 N–H and O–H groups in total. The van der Waals surface area contributed by atoms with Crippen molar-refractivity contribution in [1.82, 2.24) is 10.2 Å². The van der Waals surface area contributed by atoms with Crippen molar-refractivity contribution in [3.8, 4) is 0 Å². The molecule has 1 aliphatic heterocycles. The van der Waals surface area contributed by atoms with Crippen molar-refractivity contribution in [2.75, 3.05) is 40.0 Å². The van der Waals surface area contributed by atoms with Gasteiger partial charge >= 0.3 is 12.0 Å². The number of carbonyl (C=O) groups is 2. The highest BCUT2D eigenvalue weighted by Gasteiger charge is 2.43. The number of hydrogen-bond acceptors (Lipinski definition) is 4. The van der Waals surface area contributed by atoms with Crippen LogP contribution < -0.4 is 5.32 Å². The summed E-state index contributed by atoms with van der Waals surface area (Å²) in [6.45, 7) is 3.80. The van der Waals surface area contributed by atoms with Gasteiger partial charge in [0.05, 0.1) is 19.8 Å². The third-order valence-corrected chi connectivity index (χ3v) is 3.55. The van der Waals surface area contributed by atoms with E-state index in [2.05, 4.69) is 5.32 Å². The Balaban J connectivity index is 2.38. The van der Waals surface area contributed by atoms with Crippen LogP contribution in [0.1, 0.15) is 26.2 Å². The smallest absolute Gasteiger partial charge is 0.329 e. The molecule has 0 bridgehead atoms. The summed E-state index contributed by atoms with van der Waals surface area (Å²) in [5.74, 6) is -0.955. The maximum absolute atomic E-state index is 12.1. The average Bonchev–Trinajstić information content (AvgIpc) is 2.42. The number of carbonyl (C=O) groups excluding carboxylic acids is 1. The van der Waals surface area contributed by atoms with Gasteiger partial charge in [-0.1, -0.05) is 0 Å². The molecule has 0 aromatic heterocycles. The van der Waals surface area contributed by atoms with Gasteiger partial charge in [0, 0.05) is 20.2 Å². The number of amides is 2. The first-order chi connectivity index (χ1) is 9.52. The largest absolute Gasteiger partial charge is 0.480 e. The standard InChI is InChI=1S/C13H24N2O5/c1-13(11(16)17)5-3-4-7-15(13)12(18)14-6-8-20-10-9-19-2/h3-10H2,1-2H3,(H,14,18)(H,16,17). The topological polar surface area (TPSA) is 88.1 Å². The number of rotatable bonds is 7. The predicted octanol–water partition coefficient (Wildman–Crippen LogP) is 0.688. The number of nitrogens with zero attached hydrogens (tertiary/aromatic N) is 1. The molecule has 116 valence electrons. The van der Waals surface area contributed by atoms with Crippen molar-refractivity contribution in [1.29, 1.82) is 0 Å². The maximum Gasteiger partial charge on any atom is 0.329 e. The number of nitrogens with one attached hydrogen (secondary N) is 1. The number of likely N-dealkylation sites (tertiary alicyclic amines) is 1. The van der Waals surface area contributed by atoms with Crippen LogP contribution in [0.5, 0.6) is 0 Å². The molecular formula is C13H24N2O5. The van der Waals surface area contributed by atoms with Crippen LogP contribution in [0.3, 0.4) is 0 Å². The van der Waals surface area contributed by atoms with E-state index in [1.54, 1.807) is 14.0 Å². The van der Waals surface area contributed by atoms with Gasteiger partial charge < -0.3 is 24.8 Å². The third-order valence-electron chi connectivity index (χ3n) is 3.55. The van der Waals surface area contributed by atoms with Crippen molar-refractivity contribution < 1.29 is 24.2 Å². The van der Waals surface area contributed by atoms with E-state index in [9.17, 15) is 14.7 Å². The molecule has 0 saturated carbocycles. The van der Waals surface area contributed by atoms with Gasteiger partial charge in [0.15, 0.2) is 0 Å². The number of carboxylic acids is 1. The average molecular weight is 288 g/mol. The molecule has 0 aromatic carbocycles. The van der Waals surface area contributed by atoms with E-state index in [1.807, 2.05) is 0 Å². The van der Waals surface area contributed by atoms with Crippen LogP contribution in [-0.2, 0) is 14.3 Å². The predicted molar refractivity (Wildman–Crippen MR) is 72.7 cm³/mol. The molecule has 0 aromatic rings. The molecule has 7 nitrogen and oxygen atoms in total.